The molecule has 1 atom stereocenters. The van der Waals surface area contributed by atoms with Gasteiger partial charge in [0.15, 0.2) is 0 Å². The van der Waals surface area contributed by atoms with Crippen LogP contribution in [-0.4, -0.2) is 55.1 Å². The monoisotopic (exact) mass is 352 g/mol. The molecule has 2 amide bonds. The highest BCUT2D eigenvalue weighted by atomic mass is 16.4. The van der Waals surface area contributed by atoms with Gasteiger partial charge in [-0.25, -0.2) is 0 Å². The topological polar surface area (TPSA) is 186 Å². The smallest absolute Gasteiger partial charge is 0.320 e. The van der Waals surface area contributed by atoms with Crippen molar-refractivity contribution in [1.29, 1.82) is 0 Å². The van der Waals surface area contributed by atoms with E-state index in [1.807, 2.05) is 0 Å². The Morgan fingerprint density at radius 1 is 1.04 bits per heavy atom. The quantitative estimate of drug-likeness (QED) is 0.188. The molecule has 0 bridgehead atoms. The maximum absolute atomic E-state index is 11.9. The fraction of sp³-hybridized carbons (Fsp3) is 0.400. The molecule has 0 fully saturated rings. The van der Waals surface area contributed by atoms with Crippen LogP contribution >= 0.6 is 0 Å². The van der Waals surface area contributed by atoms with Gasteiger partial charge < -0.3 is 38.3 Å². The largest absolute Gasteiger partial charge is 0.480 e. The van der Waals surface area contributed by atoms with Gasteiger partial charge in [0.25, 0.3) is 5.91 Å². The maximum atomic E-state index is 11.9. The van der Waals surface area contributed by atoms with E-state index in [9.17, 15) is 14.4 Å². The summed E-state index contributed by atoms with van der Waals surface area (Å²) in [6, 6.07) is 3.64. The summed E-state index contributed by atoms with van der Waals surface area (Å²) in [6.07, 6.45) is 0.226. The van der Waals surface area contributed by atoms with Crippen molar-refractivity contribution in [2.24, 2.45) is 5.73 Å². The van der Waals surface area contributed by atoms with Crippen LogP contribution in [0.25, 0.3) is 0 Å². The molecule has 1 rings (SSSR count). The highest BCUT2D eigenvalue weighted by Gasteiger charge is 2.10. The van der Waals surface area contributed by atoms with Crippen LogP contribution in [0.3, 0.4) is 0 Å². The van der Waals surface area contributed by atoms with Gasteiger partial charge in [0.1, 0.15) is 6.04 Å². The fourth-order valence-corrected chi connectivity index (χ4v) is 1.84. The average Bonchev–Trinajstić information content (AvgIpc) is 2.57. The molecule has 0 aliphatic heterocycles. The highest BCUT2D eigenvalue weighted by molar-refractivity contribution is 5.96. The summed E-state index contributed by atoms with van der Waals surface area (Å²) in [5.74, 6) is -1.67. The first-order valence-corrected chi connectivity index (χ1v) is 7.70. The Morgan fingerprint density at radius 2 is 1.72 bits per heavy atom. The zero-order valence-electron chi connectivity index (χ0n) is 13.7. The van der Waals surface area contributed by atoms with Crippen molar-refractivity contribution < 1.29 is 19.5 Å². The number of nitrogen functional groups attached to an aromatic ring is 2. The van der Waals surface area contributed by atoms with Crippen LogP contribution in [0.1, 0.15) is 16.8 Å². The minimum Gasteiger partial charge on any atom is -0.480 e. The minimum absolute atomic E-state index is 0.0365. The highest BCUT2D eigenvalue weighted by Crippen LogP contribution is 2.15. The van der Waals surface area contributed by atoms with E-state index in [4.69, 9.17) is 22.3 Å². The van der Waals surface area contributed by atoms with Crippen LogP contribution < -0.4 is 33.2 Å². The lowest BCUT2D eigenvalue weighted by Gasteiger charge is -2.09. The van der Waals surface area contributed by atoms with Gasteiger partial charge >= 0.3 is 5.97 Å². The van der Waals surface area contributed by atoms with E-state index >= 15 is 0 Å². The number of carboxylic acids is 1. The van der Waals surface area contributed by atoms with Crippen molar-refractivity contribution in [3.8, 4) is 0 Å². The standard InChI is InChI=1S/C15H24N6O4/c16-10-2-1-9(7-12(10)18)14(23)21-6-5-20-13(22)8-19-4-3-11(17)15(24)25/h1-2,7,11,19H,3-6,8,16-18H2,(H,20,22)(H,21,23)(H,24,25). The number of hydrogen-bond donors (Lipinski definition) is 7. The van der Waals surface area contributed by atoms with Crippen LogP contribution in [0.5, 0.6) is 0 Å². The number of rotatable bonds is 10. The van der Waals surface area contributed by atoms with Crippen LogP contribution in [0.2, 0.25) is 0 Å². The Labute approximate surface area is 145 Å². The van der Waals surface area contributed by atoms with E-state index in [1.54, 1.807) is 12.1 Å². The first kappa shape index (κ1) is 20.2. The Hall–Kier alpha value is -2.85. The number of nitrogens with two attached hydrogens (primary N) is 3. The number of benzene rings is 1. The predicted molar refractivity (Wildman–Crippen MR) is 93.7 cm³/mol. The molecule has 10 N–H and O–H groups in total. The van der Waals surface area contributed by atoms with Crippen molar-refractivity contribution in [2.45, 2.75) is 12.5 Å². The predicted octanol–water partition coefficient (Wildman–Crippen LogP) is -1.91. The first-order valence-electron chi connectivity index (χ1n) is 7.70. The summed E-state index contributed by atoms with van der Waals surface area (Å²) < 4.78 is 0. The Kier molecular flexibility index (Phi) is 8.16. The van der Waals surface area contributed by atoms with Gasteiger partial charge in [-0.15, -0.1) is 0 Å². The van der Waals surface area contributed by atoms with Gasteiger partial charge in [0.2, 0.25) is 5.91 Å². The molecule has 1 aromatic carbocycles. The Balaban J connectivity index is 2.16. The van der Waals surface area contributed by atoms with E-state index in [-0.39, 0.29) is 37.9 Å². The van der Waals surface area contributed by atoms with E-state index in [1.165, 1.54) is 6.07 Å². The lowest BCUT2D eigenvalue weighted by Crippen LogP contribution is -2.40. The Morgan fingerprint density at radius 3 is 2.36 bits per heavy atom. The van der Waals surface area contributed by atoms with Crippen LogP contribution in [0.4, 0.5) is 11.4 Å². The fourth-order valence-electron chi connectivity index (χ4n) is 1.84. The molecular weight excluding hydrogens is 328 g/mol. The van der Waals surface area contributed by atoms with Crippen LogP contribution in [0.15, 0.2) is 18.2 Å². The van der Waals surface area contributed by atoms with Crippen molar-refractivity contribution in [1.82, 2.24) is 16.0 Å². The van der Waals surface area contributed by atoms with Crippen molar-refractivity contribution in [3.63, 3.8) is 0 Å². The van der Waals surface area contributed by atoms with Crippen molar-refractivity contribution >= 4 is 29.2 Å². The van der Waals surface area contributed by atoms with E-state index in [2.05, 4.69) is 16.0 Å². The molecule has 10 nitrogen and oxygen atoms in total. The second kappa shape index (κ2) is 10.1. The second-order valence-electron chi connectivity index (χ2n) is 5.36. The third-order valence-electron chi connectivity index (χ3n) is 3.32. The summed E-state index contributed by atoms with van der Waals surface area (Å²) >= 11 is 0. The molecule has 0 heterocycles. The van der Waals surface area contributed by atoms with E-state index in [0.717, 1.165) is 0 Å². The van der Waals surface area contributed by atoms with Gasteiger partial charge in [0, 0.05) is 18.7 Å². The molecule has 0 aliphatic carbocycles. The molecule has 0 aromatic heterocycles. The molecule has 0 saturated heterocycles. The van der Waals surface area contributed by atoms with E-state index < -0.39 is 12.0 Å². The molecule has 0 aliphatic rings. The average molecular weight is 352 g/mol. The van der Waals surface area contributed by atoms with Gasteiger partial charge in [-0.3, -0.25) is 14.4 Å². The maximum Gasteiger partial charge on any atom is 0.320 e. The van der Waals surface area contributed by atoms with Gasteiger partial charge in [-0.05, 0) is 31.2 Å². The number of hydrogen-bond acceptors (Lipinski definition) is 7. The van der Waals surface area contributed by atoms with Gasteiger partial charge in [0.05, 0.1) is 17.9 Å². The van der Waals surface area contributed by atoms with Gasteiger partial charge in [-0.2, -0.15) is 0 Å². The molecule has 0 saturated carbocycles. The molecule has 0 spiro atoms. The van der Waals surface area contributed by atoms with Crippen molar-refractivity contribution in [2.75, 3.05) is 37.6 Å². The normalized spacial score (nSPS) is 11.6. The number of nitrogens with one attached hydrogen (secondary N) is 3. The molecule has 10 heteroatoms. The molecule has 25 heavy (non-hydrogen) atoms. The number of anilines is 2. The van der Waals surface area contributed by atoms with Crippen LogP contribution in [-0.2, 0) is 9.59 Å². The molecule has 1 aromatic rings. The summed E-state index contributed by atoms with van der Waals surface area (Å²) in [6.45, 7) is 0.856. The third-order valence-corrected chi connectivity index (χ3v) is 3.32. The zero-order valence-corrected chi connectivity index (χ0v) is 13.7. The number of amides is 2. The lowest BCUT2D eigenvalue weighted by molar-refractivity contribution is -0.138. The number of carboxylic acid groups (broad SMARTS) is 1. The zero-order chi connectivity index (χ0) is 18.8. The first-order chi connectivity index (χ1) is 11.8. The summed E-state index contributed by atoms with van der Waals surface area (Å²) in [4.78, 5) is 34.0. The molecule has 1 unspecified atom stereocenters. The number of aliphatic carboxylic acids is 1. The minimum atomic E-state index is -1.08. The third kappa shape index (κ3) is 7.50. The molecule has 0 radical (unpaired) electrons. The van der Waals surface area contributed by atoms with E-state index in [0.29, 0.717) is 23.5 Å². The summed E-state index contributed by atoms with van der Waals surface area (Å²) in [5, 5.41) is 16.7. The summed E-state index contributed by atoms with van der Waals surface area (Å²) in [7, 11) is 0. The summed E-state index contributed by atoms with van der Waals surface area (Å²) in [5.41, 5.74) is 17.7. The van der Waals surface area contributed by atoms with Gasteiger partial charge in [-0.1, -0.05) is 0 Å². The molecule has 138 valence electrons. The SMILES string of the molecule is Nc1ccc(C(=O)NCCNC(=O)CNCCC(N)C(=O)O)cc1N. The number of carbonyl (C=O) groups excluding carboxylic acids is 2. The van der Waals surface area contributed by atoms with Crippen LogP contribution in [0, 0.1) is 0 Å². The Bertz CT molecular complexity index is 622. The second-order valence-corrected chi connectivity index (χ2v) is 5.36. The molecular formula is C15H24N6O4. The lowest BCUT2D eigenvalue weighted by atomic mass is 10.1. The van der Waals surface area contributed by atoms with Crippen molar-refractivity contribution in [3.05, 3.63) is 23.8 Å². The number of carbonyl (C=O) groups is 3.